The Bertz CT molecular complexity index is 448. The maximum absolute atomic E-state index is 5.51. The Balaban J connectivity index is 2.40. The lowest BCUT2D eigenvalue weighted by atomic mass is 10.0. The first-order chi connectivity index (χ1) is 7.31. The van der Waals surface area contributed by atoms with Crippen molar-refractivity contribution in [2.24, 2.45) is 5.73 Å². The van der Waals surface area contributed by atoms with Crippen LogP contribution in [0.3, 0.4) is 0 Å². The van der Waals surface area contributed by atoms with Gasteiger partial charge in [-0.05, 0) is 19.0 Å². The number of benzene rings is 1. The molecule has 0 amide bonds. The van der Waals surface area contributed by atoms with Crippen molar-refractivity contribution in [1.29, 1.82) is 0 Å². The van der Waals surface area contributed by atoms with Crippen molar-refractivity contribution in [3.8, 4) is 11.1 Å². The SMILES string of the molecule is Cc1cccc(-c2cnoc2CCN)c1. The van der Waals surface area contributed by atoms with Gasteiger partial charge >= 0.3 is 0 Å². The molecule has 0 radical (unpaired) electrons. The summed E-state index contributed by atoms with van der Waals surface area (Å²) < 4.78 is 5.17. The topological polar surface area (TPSA) is 52.0 Å². The number of hydrogen-bond donors (Lipinski definition) is 1. The van der Waals surface area contributed by atoms with Crippen molar-refractivity contribution in [2.45, 2.75) is 13.3 Å². The summed E-state index contributed by atoms with van der Waals surface area (Å²) in [5.74, 6) is 0.864. The van der Waals surface area contributed by atoms with Crippen LogP contribution < -0.4 is 5.73 Å². The van der Waals surface area contributed by atoms with Crippen LogP contribution in [0.1, 0.15) is 11.3 Å². The summed E-state index contributed by atoms with van der Waals surface area (Å²) in [7, 11) is 0. The Morgan fingerprint density at radius 3 is 3.00 bits per heavy atom. The highest BCUT2D eigenvalue weighted by molar-refractivity contribution is 5.65. The molecular formula is C12H14N2O. The molecule has 0 saturated carbocycles. The molecule has 3 heteroatoms. The number of rotatable bonds is 3. The van der Waals surface area contributed by atoms with Crippen LogP contribution >= 0.6 is 0 Å². The van der Waals surface area contributed by atoms with Crippen LogP contribution in [0.15, 0.2) is 35.0 Å². The highest BCUT2D eigenvalue weighted by atomic mass is 16.5. The van der Waals surface area contributed by atoms with Crippen LogP contribution in [-0.2, 0) is 6.42 Å². The third-order valence-corrected chi connectivity index (χ3v) is 2.35. The smallest absolute Gasteiger partial charge is 0.145 e. The van der Waals surface area contributed by atoms with E-state index >= 15 is 0 Å². The minimum Gasteiger partial charge on any atom is -0.361 e. The molecule has 0 saturated heterocycles. The lowest BCUT2D eigenvalue weighted by molar-refractivity contribution is 0.385. The van der Waals surface area contributed by atoms with Crippen LogP contribution in [0.5, 0.6) is 0 Å². The highest BCUT2D eigenvalue weighted by Crippen LogP contribution is 2.24. The van der Waals surface area contributed by atoms with Gasteiger partial charge < -0.3 is 10.3 Å². The summed E-state index contributed by atoms with van der Waals surface area (Å²) in [4.78, 5) is 0. The second kappa shape index (κ2) is 4.28. The quantitative estimate of drug-likeness (QED) is 0.829. The zero-order valence-electron chi connectivity index (χ0n) is 8.73. The van der Waals surface area contributed by atoms with Crippen LogP contribution in [-0.4, -0.2) is 11.7 Å². The third-order valence-electron chi connectivity index (χ3n) is 2.35. The zero-order valence-corrected chi connectivity index (χ0v) is 8.73. The van der Waals surface area contributed by atoms with Crippen molar-refractivity contribution in [3.63, 3.8) is 0 Å². The van der Waals surface area contributed by atoms with Gasteiger partial charge in [0.05, 0.1) is 6.20 Å². The largest absolute Gasteiger partial charge is 0.361 e. The lowest BCUT2D eigenvalue weighted by Crippen LogP contribution is -2.02. The fourth-order valence-electron chi connectivity index (χ4n) is 1.62. The fraction of sp³-hybridized carbons (Fsp3) is 0.250. The van der Waals surface area contributed by atoms with E-state index < -0.39 is 0 Å². The minimum absolute atomic E-state index is 0.577. The van der Waals surface area contributed by atoms with Crippen molar-refractivity contribution in [2.75, 3.05) is 6.54 Å². The maximum atomic E-state index is 5.51. The van der Waals surface area contributed by atoms with Crippen molar-refractivity contribution >= 4 is 0 Å². The summed E-state index contributed by atoms with van der Waals surface area (Å²) in [5.41, 5.74) is 8.92. The first-order valence-corrected chi connectivity index (χ1v) is 5.02. The van der Waals surface area contributed by atoms with Crippen molar-refractivity contribution < 1.29 is 4.52 Å². The number of aromatic nitrogens is 1. The number of aryl methyl sites for hydroxylation is 1. The average Bonchev–Trinajstić information content (AvgIpc) is 2.66. The molecule has 0 atom stereocenters. The molecular weight excluding hydrogens is 188 g/mol. The Morgan fingerprint density at radius 1 is 1.40 bits per heavy atom. The summed E-state index contributed by atoms with van der Waals surface area (Å²) in [5, 5.41) is 3.82. The fourth-order valence-corrected chi connectivity index (χ4v) is 1.62. The number of nitrogens with zero attached hydrogens (tertiary/aromatic N) is 1. The molecule has 2 N–H and O–H groups in total. The van der Waals surface area contributed by atoms with Gasteiger partial charge in [-0.15, -0.1) is 0 Å². The Labute approximate surface area is 88.9 Å². The third kappa shape index (κ3) is 2.07. The second-order valence-corrected chi connectivity index (χ2v) is 3.57. The van der Waals surface area contributed by atoms with E-state index in [1.165, 1.54) is 5.56 Å². The molecule has 1 aromatic heterocycles. The molecule has 0 bridgehead atoms. The standard InChI is InChI=1S/C12H14N2O/c1-9-3-2-4-10(7-9)11-8-14-15-12(11)5-6-13/h2-4,7-8H,5-6,13H2,1H3. The molecule has 1 aromatic carbocycles. The first-order valence-electron chi connectivity index (χ1n) is 5.02. The summed E-state index contributed by atoms with van der Waals surface area (Å²) in [6.07, 6.45) is 2.48. The van der Waals surface area contributed by atoms with Gasteiger partial charge in [-0.3, -0.25) is 0 Å². The Hall–Kier alpha value is -1.61. The Kier molecular flexibility index (Phi) is 2.83. The van der Waals surface area contributed by atoms with Crippen LogP contribution in [0.25, 0.3) is 11.1 Å². The first kappa shape index (κ1) is 9.93. The molecule has 0 unspecified atom stereocenters. The van der Waals surface area contributed by atoms with Crippen LogP contribution in [0, 0.1) is 6.92 Å². The number of hydrogen-bond acceptors (Lipinski definition) is 3. The van der Waals surface area contributed by atoms with Gasteiger partial charge in [0.1, 0.15) is 5.76 Å². The van der Waals surface area contributed by atoms with E-state index in [9.17, 15) is 0 Å². The molecule has 0 fully saturated rings. The zero-order chi connectivity index (χ0) is 10.7. The normalized spacial score (nSPS) is 10.5. The second-order valence-electron chi connectivity index (χ2n) is 3.57. The van der Waals surface area contributed by atoms with E-state index in [1.807, 2.05) is 6.07 Å². The van der Waals surface area contributed by atoms with E-state index in [4.69, 9.17) is 10.3 Å². The van der Waals surface area contributed by atoms with Crippen molar-refractivity contribution in [3.05, 3.63) is 41.8 Å². The van der Waals surface area contributed by atoms with Gasteiger partial charge in [-0.1, -0.05) is 35.0 Å². The predicted octanol–water partition coefficient (Wildman–Crippen LogP) is 2.15. The molecule has 0 aliphatic heterocycles. The summed E-state index contributed by atoms with van der Waals surface area (Å²) in [6, 6.07) is 8.27. The Morgan fingerprint density at radius 2 is 2.27 bits per heavy atom. The van der Waals surface area contributed by atoms with Gasteiger partial charge in [0.2, 0.25) is 0 Å². The summed E-state index contributed by atoms with van der Waals surface area (Å²) in [6.45, 7) is 2.65. The molecule has 0 aliphatic carbocycles. The van der Waals surface area contributed by atoms with Crippen LogP contribution in [0.2, 0.25) is 0 Å². The van der Waals surface area contributed by atoms with E-state index in [0.29, 0.717) is 6.54 Å². The molecule has 3 nitrogen and oxygen atoms in total. The minimum atomic E-state index is 0.577. The van der Waals surface area contributed by atoms with E-state index in [2.05, 4.69) is 30.3 Å². The molecule has 15 heavy (non-hydrogen) atoms. The molecule has 0 spiro atoms. The van der Waals surface area contributed by atoms with Crippen LogP contribution in [0.4, 0.5) is 0 Å². The molecule has 2 rings (SSSR count). The van der Waals surface area contributed by atoms with E-state index in [0.717, 1.165) is 23.3 Å². The van der Waals surface area contributed by atoms with Gasteiger partial charge in [0, 0.05) is 12.0 Å². The van der Waals surface area contributed by atoms with E-state index in [-0.39, 0.29) is 0 Å². The number of nitrogens with two attached hydrogens (primary N) is 1. The van der Waals surface area contributed by atoms with Gasteiger partial charge in [0.25, 0.3) is 0 Å². The van der Waals surface area contributed by atoms with Gasteiger partial charge in [-0.25, -0.2) is 0 Å². The van der Waals surface area contributed by atoms with Gasteiger partial charge in [0.15, 0.2) is 0 Å². The molecule has 2 aromatic rings. The van der Waals surface area contributed by atoms with Gasteiger partial charge in [-0.2, -0.15) is 0 Å². The average molecular weight is 202 g/mol. The highest BCUT2D eigenvalue weighted by Gasteiger charge is 2.09. The van der Waals surface area contributed by atoms with E-state index in [1.54, 1.807) is 6.20 Å². The maximum Gasteiger partial charge on any atom is 0.145 e. The molecule has 0 aliphatic rings. The molecule has 1 heterocycles. The lowest BCUT2D eigenvalue weighted by Gasteiger charge is -2.01. The molecule has 78 valence electrons. The van der Waals surface area contributed by atoms with Crippen molar-refractivity contribution in [1.82, 2.24) is 5.16 Å². The predicted molar refractivity (Wildman–Crippen MR) is 59.4 cm³/mol. The summed E-state index contributed by atoms with van der Waals surface area (Å²) >= 11 is 0. The monoisotopic (exact) mass is 202 g/mol.